The van der Waals surface area contributed by atoms with E-state index in [2.05, 4.69) is 33.9 Å². The average molecular weight is 341 g/mol. The van der Waals surface area contributed by atoms with Gasteiger partial charge >= 0.3 is 5.97 Å². The molecule has 23 heavy (non-hydrogen) atoms. The number of rotatable bonds is 9. The first-order chi connectivity index (χ1) is 10.5. The van der Waals surface area contributed by atoms with Crippen LogP contribution >= 0.6 is 0 Å². The molecule has 1 aliphatic carbocycles. The van der Waals surface area contributed by atoms with Crippen LogP contribution in [0.5, 0.6) is 0 Å². The second-order valence-electron chi connectivity index (χ2n) is 8.04. The van der Waals surface area contributed by atoms with Gasteiger partial charge in [-0.3, -0.25) is 9.59 Å². The first-order valence-electron chi connectivity index (χ1n) is 8.66. The summed E-state index contributed by atoms with van der Waals surface area (Å²) in [7, 11) is -1.84. The van der Waals surface area contributed by atoms with E-state index in [0.29, 0.717) is 6.42 Å². The summed E-state index contributed by atoms with van der Waals surface area (Å²) in [6.07, 6.45) is 7.06. The molecule has 0 unspecified atom stereocenters. The van der Waals surface area contributed by atoms with E-state index >= 15 is 0 Å². The molecule has 1 rings (SSSR count). The normalized spacial score (nSPS) is 19.1. The molecule has 0 fully saturated rings. The molecule has 0 aromatic carbocycles. The number of Topliss-reactive ketones (excluding diaryl/α,β-unsaturated/α-hetero) is 1. The van der Waals surface area contributed by atoms with Crippen LogP contribution in [0.15, 0.2) is 11.6 Å². The average Bonchev–Trinajstić information content (AvgIpc) is 2.71. The van der Waals surface area contributed by atoms with Gasteiger partial charge in [0, 0.05) is 12.8 Å². The Balaban J connectivity index is 2.39. The number of ketones is 1. The Morgan fingerprint density at radius 1 is 1.26 bits per heavy atom. The van der Waals surface area contributed by atoms with Gasteiger partial charge in [-0.25, -0.2) is 0 Å². The predicted molar refractivity (Wildman–Crippen MR) is 95.1 cm³/mol. The molecule has 0 saturated carbocycles. The van der Waals surface area contributed by atoms with Crippen LogP contribution < -0.4 is 0 Å². The Kier molecular flexibility index (Phi) is 7.20. The third kappa shape index (κ3) is 6.59. The molecule has 0 aromatic rings. The van der Waals surface area contributed by atoms with Crippen molar-refractivity contribution in [3.8, 4) is 0 Å². The van der Waals surface area contributed by atoms with Gasteiger partial charge in [0.2, 0.25) is 0 Å². The summed E-state index contributed by atoms with van der Waals surface area (Å²) in [5, 5.41) is 8.74. The summed E-state index contributed by atoms with van der Waals surface area (Å²) in [6, 6.07) is 0. The molecular weight excluding hydrogens is 308 g/mol. The molecule has 0 aromatic heterocycles. The Labute approximate surface area is 141 Å². The molecule has 4 nitrogen and oxygen atoms in total. The van der Waals surface area contributed by atoms with Crippen LogP contribution in [-0.2, 0) is 14.0 Å². The number of hydrogen-bond donors (Lipinski definition) is 1. The third-order valence-electron chi connectivity index (χ3n) is 4.97. The summed E-state index contributed by atoms with van der Waals surface area (Å²) in [5.74, 6) is -0.511. The zero-order chi connectivity index (χ0) is 17.7. The smallest absolute Gasteiger partial charge is 0.303 e. The van der Waals surface area contributed by atoms with Crippen LogP contribution in [0.4, 0.5) is 0 Å². The molecule has 0 aliphatic heterocycles. The number of carboxylic acid groups (broad SMARTS) is 1. The second-order valence-corrected chi connectivity index (χ2v) is 12.8. The molecular formula is C18H32O4Si. The van der Waals surface area contributed by atoms with E-state index in [1.807, 2.05) is 6.08 Å². The predicted octanol–water partition coefficient (Wildman–Crippen LogP) is 4.70. The number of carboxylic acids is 1. The minimum atomic E-state index is -1.84. The van der Waals surface area contributed by atoms with Gasteiger partial charge in [0.25, 0.3) is 0 Å². The number of unbranched alkanes of at least 4 members (excludes halogenated alkanes) is 3. The van der Waals surface area contributed by atoms with Gasteiger partial charge in [-0.05, 0) is 49.0 Å². The quantitative estimate of drug-likeness (QED) is 0.488. The maximum atomic E-state index is 12.1. The van der Waals surface area contributed by atoms with Crippen LogP contribution in [0.3, 0.4) is 0 Å². The fraction of sp³-hybridized carbons (Fsp3) is 0.778. The van der Waals surface area contributed by atoms with Crippen molar-refractivity contribution < 1.29 is 19.1 Å². The Morgan fingerprint density at radius 2 is 1.87 bits per heavy atom. The molecule has 1 atom stereocenters. The maximum Gasteiger partial charge on any atom is 0.303 e. The number of hydrogen-bond acceptors (Lipinski definition) is 3. The van der Waals surface area contributed by atoms with Gasteiger partial charge in [-0.2, -0.15) is 0 Å². The highest BCUT2D eigenvalue weighted by atomic mass is 28.4. The van der Waals surface area contributed by atoms with E-state index in [4.69, 9.17) is 9.53 Å². The monoisotopic (exact) mass is 340 g/mol. The molecule has 0 radical (unpaired) electrons. The number of allylic oxidation sites excluding steroid dienone is 1. The number of carbonyl (C=O) groups excluding carboxylic acids is 1. The van der Waals surface area contributed by atoms with Crippen LogP contribution in [0.2, 0.25) is 18.1 Å². The highest BCUT2D eigenvalue weighted by molar-refractivity contribution is 6.74. The largest absolute Gasteiger partial charge is 0.481 e. The second kappa shape index (κ2) is 8.24. The van der Waals surface area contributed by atoms with Gasteiger partial charge in [-0.1, -0.05) is 33.6 Å². The zero-order valence-electron chi connectivity index (χ0n) is 15.3. The fourth-order valence-electron chi connectivity index (χ4n) is 2.49. The van der Waals surface area contributed by atoms with E-state index in [0.717, 1.165) is 37.7 Å². The highest BCUT2D eigenvalue weighted by Gasteiger charge is 2.40. The van der Waals surface area contributed by atoms with Crippen LogP contribution in [0.1, 0.15) is 65.7 Å². The van der Waals surface area contributed by atoms with E-state index in [-0.39, 0.29) is 23.3 Å². The molecule has 132 valence electrons. The van der Waals surface area contributed by atoms with Gasteiger partial charge in [0.15, 0.2) is 14.1 Å². The van der Waals surface area contributed by atoms with E-state index in [9.17, 15) is 9.59 Å². The SMILES string of the molecule is CC(C)(C)[Si](C)(C)O[C@H]1C=C(CCCCCCC(=O)O)C(=O)C1. The summed E-state index contributed by atoms with van der Waals surface area (Å²) < 4.78 is 6.31. The van der Waals surface area contributed by atoms with Crippen molar-refractivity contribution in [2.45, 2.75) is 90.0 Å². The van der Waals surface area contributed by atoms with Gasteiger partial charge in [0.05, 0.1) is 6.10 Å². The Morgan fingerprint density at radius 3 is 2.43 bits per heavy atom. The van der Waals surface area contributed by atoms with Crippen molar-refractivity contribution in [1.29, 1.82) is 0 Å². The van der Waals surface area contributed by atoms with Crippen molar-refractivity contribution in [3.63, 3.8) is 0 Å². The lowest BCUT2D eigenvalue weighted by Gasteiger charge is -2.37. The summed E-state index contributed by atoms with van der Waals surface area (Å²) >= 11 is 0. The number of carbonyl (C=O) groups is 2. The molecule has 5 heteroatoms. The van der Waals surface area contributed by atoms with Crippen molar-refractivity contribution in [2.24, 2.45) is 0 Å². The molecule has 1 aliphatic rings. The maximum absolute atomic E-state index is 12.1. The molecule has 0 saturated heterocycles. The Hall–Kier alpha value is -0.943. The summed E-state index contributed by atoms with van der Waals surface area (Å²) in [4.78, 5) is 22.6. The Bertz CT molecular complexity index is 460. The lowest BCUT2D eigenvalue weighted by molar-refractivity contribution is -0.137. The van der Waals surface area contributed by atoms with Crippen molar-refractivity contribution in [1.82, 2.24) is 0 Å². The zero-order valence-corrected chi connectivity index (χ0v) is 16.3. The van der Waals surface area contributed by atoms with Gasteiger partial charge in [-0.15, -0.1) is 0 Å². The van der Waals surface area contributed by atoms with Crippen LogP contribution in [0.25, 0.3) is 0 Å². The van der Waals surface area contributed by atoms with E-state index in [1.165, 1.54) is 0 Å². The number of aliphatic carboxylic acids is 1. The van der Waals surface area contributed by atoms with Crippen molar-refractivity contribution >= 4 is 20.1 Å². The van der Waals surface area contributed by atoms with Crippen LogP contribution in [-0.4, -0.2) is 31.3 Å². The minimum Gasteiger partial charge on any atom is -0.481 e. The van der Waals surface area contributed by atoms with E-state index in [1.54, 1.807) is 0 Å². The third-order valence-corrected chi connectivity index (χ3v) is 9.48. The molecule has 0 heterocycles. The summed E-state index contributed by atoms with van der Waals surface area (Å²) in [5.41, 5.74) is 0.909. The highest BCUT2D eigenvalue weighted by Crippen LogP contribution is 2.39. The molecule has 0 bridgehead atoms. The lowest BCUT2D eigenvalue weighted by Crippen LogP contribution is -2.43. The first kappa shape index (κ1) is 20.1. The topological polar surface area (TPSA) is 63.6 Å². The van der Waals surface area contributed by atoms with Gasteiger partial charge < -0.3 is 9.53 Å². The minimum absolute atomic E-state index is 0.0506. The van der Waals surface area contributed by atoms with Crippen LogP contribution in [0, 0.1) is 0 Å². The standard InChI is InChI=1S/C18H32O4Si/c1-18(2,3)23(4,5)22-15-12-14(16(19)13-15)10-8-6-7-9-11-17(20)21/h12,15H,6-11,13H2,1-5H3,(H,20,21)/t15-/m0/s1. The molecule has 0 amide bonds. The van der Waals surface area contributed by atoms with E-state index < -0.39 is 14.3 Å². The van der Waals surface area contributed by atoms with Crippen molar-refractivity contribution in [3.05, 3.63) is 11.6 Å². The summed E-state index contributed by atoms with van der Waals surface area (Å²) in [6.45, 7) is 11.0. The molecule has 1 N–H and O–H groups in total. The lowest BCUT2D eigenvalue weighted by atomic mass is 10.0. The fourth-order valence-corrected chi connectivity index (χ4v) is 3.75. The first-order valence-corrected chi connectivity index (χ1v) is 11.6. The van der Waals surface area contributed by atoms with Crippen molar-refractivity contribution in [2.75, 3.05) is 0 Å². The van der Waals surface area contributed by atoms with Gasteiger partial charge in [0.1, 0.15) is 0 Å². The molecule has 0 spiro atoms.